The Morgan fingerprint density at radius 2 is 1.88 bits per heavy atom. The van der Waals surface area contributed by atoms with E-state index in [1.165, 1.54) is 5.56 Å². The van der Waals surface area contributed by atoms with Gasteiger partial charge < -0.3 is 0 Å². The van der Waals surface area contributed by atoms with Crippen LogP contribution >= 0.6 is 0 Å². The van der Waals surface area contributed by atoms with Crippen LogP contribution < -0.4 is 0 Å². The summed E-state index contributed by atoms with van der Waals surface area (Å²) in [5.41, 5.74) is 2.38. The molecule has 1 aromatic heterocycles. The van der Waals surface area contributed by atoms with Crippen LogP contribution in [0.15, 0.2) is 54.9 Å². The summed E-state index contributed by atoms with van der Waals surface area (Å²) in [5, 5.41) is 0. The van der Waals surface area contributed by atoms with E-state index in [2.05, 4.69) is 41.1 Å². The van der Waals surface area contributed by atoms with Crippen molar-refractivity contribution in [2.45, 2.75) is 19.3 Å². The van der Waals surface area contributed by atoms with Gasteiger partial charge in [-0.3, -0.25) is 4.98 Å². The number of unbranched alkanes of at least 4 members (excludes halogenated alkanes) is 1. The van der Waals surface area contributed by atoms with Crippen molar-refractivity contribution in [1.29, 1.82) is 0 Å². The highest BCUT2D eigenvalue weighted by Gasteiger charge is 1.89. The van der Waals surface area contributed by atoms with Crippen molar-refractivity contribution in [3.63, 3.8) is 0 Å². The first-order valence-corrected chi connectivity index (χ1v) is 5.88. The first-order chi connectivity index (χ1) is 8.45. The standard InChI is InChI=1S/C16H15N/c1-3-8-15(9-4-1)10-5-2-6-11-16-12-7-13-17-14-16/h1,3-4,7-9,12-14H,2,5,10H2. The predicted octanol–water partition coefficient (Wildman–Crippen LogP) is 3.46. The summed E-state index contributed by atoms with van der Waals surface area (Å²) < 4.78 is 0. The summed E-state index contributed by atoms with van der Waals surface area (Å²) in [7, 11) is 0. The van der Waals surface area contributed by atoms with Crippen LogP contribution in [-0.2, 0) is 6.42 Å². The normalized spacial score (nSPS) is 9.41. The van der Waals surface area contributed by atoms with E-state index >= 15 is 0 Å². The third-order valence-electron chi connectivity index (χ3n) is 2.50. The Labute approximate surface area is 103 Å². The van der Waals surface area contributed by atoms with Crippen LogP contribution in [0.2, 0.25) is 0 Å². The molecule has 1 heterocycles. The largest absolute Gasteiger partial charge is 0.263 e. The van der Waals surface area contributed by atoms with Crippen molar-refractivity contribution in [3.05, 3.63) is 66.0 Å². The molecule has 1 nitrogen and oxygen atoms in total. The van der Waals surface area contributed by atoms with E-state index in [4.69, 9.17) is 0 Å². The molecule has 0 N–H and O–H groups in total. The average Bonchev–Trinajstić information content (AvgIpc) is 2.41. The fourth-order valence-corrected chi connectivity index (χ4v) is 1.63. The third-order valence-corrected chi connectivity index (χ3v) is 2.50. The van der Waals surface area contributed by atoms with Gasteiger partial charge in [0.15, 0.2) is 0 Å². The summed E-state index contributed by atoms with van der Waals surface area (Å²) in [6.45, 7) is 0. The lowest BCUT2D eigenvalue weighted by Crippen LogP contribution is -1.83. The molecule has 0 radical (unpaired) electrons. The van der Waals surface area contributed by atoms with E-state index in [1.54, 1.807) is 12.4 Å². The topological polar surface area (TPSA) is 12.9 Å². The Morgan fingerprint density at radius 3 is 2.65 bits per heavy atom. The molecule has 2 aromatic rings. The van der Waals surface area contributed by atoms with Gasteiger partial charge in [0.05, 0.1) is 0 Å². The third kappa shape index (κ3) is 4.12. The fourth-order valence-electron chi connectivity index (χ4n) is 1.63. The molecule has 0 aliphatic carbocycles. The maximum Gasteiger partial charge on any atom is 0.0428 e. The van der Waals surface area contributed by atoms with Gasteiger partial charge in [0.25, 0.3) is 0 Å². The zero-order valence-corrected chi connectivity index (χ0v) is 9.76. The number of rotatable bonds is 3. The van der Waals surface area contributed by atoms with Gasteiger partial charge >= 0.3 is 0 Å². The van der Waals surface area contributed by atoms with E-state index in [0.717, 1.165) is 24.8 Å². The van der Waals surface area contributed by atoms with Crippen LogP contribution in [-0.4, -0.2) is 4.98 Å². The Balaban J connectivity index is 1.76. The van der Waals surface area contributed by atoms with Crippen molar-refractivity contribution in [1.82, 2.24) is 4.98 Å². The summed E-state index contributed by atoms with van der Waals surface area (Å²) in [4.78, 5) is 4.03. The van der Waals surface area contributed by atoms with Crippen LogP contribution in [0.3, 0.4) is 0 Å². The predicted molar refractivity (Wildman–Crippen MR) is 70.5 cm³/mol. The minimum Gasteiger partial charge on any atom is -0.263 e. The Kier molecular flexibility index (Phi) is 4.36. The van der Waals surface area contributed by atoms with Crippen LogP contribution in [0.4, 0.5) is 0 Å². The van der Waals surface area contributed by atoms with Crippen molar-refractivity contribution < 1.29 is 0 Å². The molecule has 0 atom stereocenters. The number of hydrogen-bond donors (Lipinski definition) is 0. The molecular weight excluding hydrogens is 206 g/mol. The van der Waals surface area contributed by atoms with Gasteiger partial charge in [0.1, 0.15) is 0 Å². The summed E-state index contributed by atoms with van der Waals surface area (Å²) in [5.74, 6) is 6.30. The fraction of sp³-hybridized carbons (Fsp3) is 0.188. The van der Waals surface area contributed by atoms with E-state index in [0.29, 0.717) is 0 Å². The molecule has 0 aliphatic heterocycles. The van der Waals surface area contributed by atoms with E-state index in [9.17, 15) is 0 Å². The second-order valence-corrected chi connectivity index (χ2v) is 3.88. The second-order valence-electron chi connectivity index (χ2n) is 3.88. The Hall–Kier alpha value is -2.07. The molecule has 17 heavy (non-hydrogen) atoms. The zero-order chi connectivity index (χ0) is 11.8. The number of aromatic nitrogens is 1. The quantitative estimate of drug-likeness (QED) is 0.571. The van der Waals surface area contributed by atoms with Gasteiger partial charge in [-0.2, -0.15) is 0 Å². The molecule has 0 fully saturated rings. The second kappa shape index (κ2) is 6.50. The summed E-state index contributed by atoms with van der Waals surface area (Å²) >= 11 is 0. The van der Waals surface area contributed by atoms with Gasteiger partial charge in [-0.05, 0) is 30.5 Å². The minimum atomic E-state index is 0.934. The summed E-state index contributed by atoms with van der Waals surface area (Å²) in [6, 6.07) is 14.4. The number of nitrogens with zero attached hydrogens (tertiary/aromatic N) is 1. The van der Waals surface area contributed by atoms with E-state index < -0.39 is 0 Å². The number of pyridine rings is 1. The van der Waals surface area contributed by atoms with Gasteiger partial charge in [0.2, 0.25) is 0 Å². The highest BCUT2D eigenvalue weighted by atomic mass is 14.6. The lowest BCUT2D eigenvalue weighted by atomic mass is 10.1. The number of benzene rings is 1. The summed E-state index contributed by atoms with van der Waals surface area (Å²) in [6.07, 6.45) is 6.70. The molecule has 0 unspecified atom stereocenters. The smallest absolute Gasteiger partial charge is 0.0428 e. The molecule has 0 saturated heterocycles. The van der Waals surface area contributed by atoms with Crippen LogP contribution in [0.1, 0.15) is 24.0 Å². The highest BCUT2D eigenvalue weighted by molar-refractivity contribution is 5.30. The van der Waals surface area contributed by atoms with Crippen molar-refractivity contribution in [2.75, 3.05) is 0 Å². The molecule has 0 spiro atoms. The number of aryl methyl sites for hydroxylation is 1. The molecule has 0 amide bonds. The molecule has 1 heteroatoms. The van der Waals surface area contributed by atoms with Gasteiger partial charge in [-0.1, -0.05) is 42.2 Å². The Bertz CT molecular complexity index is 491. The van der Waals surface area contributed by atoms with Crippen LogP contribution in [0.5, 0.6) is 0 Å². The van der Waals surface area contributed by atoms with Crippen LogP contribution in [0.25, 0.3) is 0 Å². The van der Waals surface area contributed by atoms with Gasteiger partial charge in [-0.25, -0.2) is 0 Å². The molecule has 0 saturated carbocycles. The lowest BCUT2D eigenvalue weighted by Gasteiger charge is -1.96. The SMILES string of the molecule is C(#Cc1cccnc1)CCCc1ccccc1. The first kappa shape index (κ1) is 11.4. The van der Waals surface area contributed by atoms with E-state index in [-0.39, 0.29) is 0 Å². The van der Waals surface area contributed by atoms with Gasteiger partial charge in [-0.15, -0.1) is 0 Å². The molecule has 0 aliphatic rings. The average molecular weight is 221 g/mol. The maximum absolute atomic E-state index is 4.03. The first-order valence-electron chi connectivity index (χ1n) is 5.88. The van der Waals surface area contributed by atoms with Crippen molar-refractivity contribution in [3.8, 4) is 11.8 Å². The van der Waals surface area contributed by atoms with Crippen molar-refractivity contribution >= 4 is 0 Å². The maximum atomic E-state index is 4.03. The zero-order valence-electron chi connectivity index (χ0n) is 9.76. The van der Waals surface area contributed by atoms with Crippen LogP contribution in [0, 0.1) is 11.8 Å². The monoisotopic (exact) mass is 221 g/mol. The molecule has 0 bridgehead atoms. The lowest BCUT2D eigenvalue weighted by molar-refractivity contribution is 0.858. The Morgan fingerprint density at radius 1 is 1.00 bits per heavy atom. The molecular formula is C16H15N. The molecule has 1 aromatic carbocycles. The van der Waals surface area contributed by atoms with Gasteiger partial charge in [0, 0.05) is 24.4 Å². The van der Waals surface area contributed by atoms with E-state index in [1.807, 2.05) is 18.2 Å². The molecule has 84 valence electrons. The molecule has 2 rings (SSSR count). The minimum absolute atomic E-state index is 0.934. The van der Waals surface area contributed by atoms with Crippen molar-refractivity contribution in [2.24, 2.45) is 0 Å². The number of hydrogen-bond acceptors (Lipinski definition) is 1. The highest BCUT2D eigenvalue weighted by Crippen LogP contribution is 2.03.